The van der Waals surface area contributed by atoms with Crippen LogP contribution in [0.2, 0.25) is 0 Å². The van der Waals surface area contributed by atoms with Crippen LogP contribution in [0.5, 0.6) is 11.5 Å². The molecule has 0 unspecified atom stereocenters. The average molecular weight is 1920 g/mol. The topological polar surface area (TPSA) is 851 Å². The largest absolute Gasteiger partial charge is 0.508 e. The van der Waals surface area contributed by atoms with Gasteiger partial charge in [-0.3, -0.25) is 96.5 Å². The number of guanidine groups is 3. The lowest BCUT2D eigenvalue weighted by Gasteiger charge is -2.30. The summed E-state index contributed by atoms with van der Waals surface area (Å²) in [5.41, 5.74) is 51.5. The molecule has 2 aromatic carbocycles. The molecule has 38 N–H and O–H groups in total. The number of H-pyrrole nitrogens is 1. The predicted octanol–water partition coefficient (Wildman–Crippen LogP) is -8.41. The highest BCUT2D eigenvalue weighted by Crippen LogP contribution is 2.19. The number of aromatic hydroxyl groups is 2. The summed E-state index contributed by atoms with van der Waals surface area (Å²) in [6.45, 7) is 15.7. The van der Waals surface area contributed by atoms with Gasteiger partial charge in [-0.2, -0.15) is 0 Å². The van der Waals surface area contributed by atoms with Crippen LogP contribution in [0.1, 0.15) is 170 Å². The van der Waals surface area contributed by atoms with E-state index in [1.165, 1.54) is 88.8 Å². The molecule has 3 aromatic rings. The molecule has 16 atom stereocenters. The van der Waals surface area contributed by atoms with Gasteiger partial charge < -0.3 is 157 Å². The summed E-state index contributed by atoms with van der Waals surface area (Å²) in [7, 11) is 0. The van der Waals surface area contributed by atoms with E-state index in [4.69, 9.17) is 51.6 Å². The first-order valence-corrected chi connectivity index (χ1v) is 44.7. The number of hydrogen-bond acceptors (Lipinski definition) is 26. The number of nitrogens with one attached hydrogen (secondary N) is 16. The number of aliphatic hydroxyl groups is 2. The van der Waals surface area contributed by atoms with Crippen molar-refractivity contribution < 1.29 is 102 Å². The maximum atomic E-state index is 15.1. The number of phenolic OH excluding ortho intramolecular Hbond substituents is 2. The Morgan fingerprint density at radius 1 is 0.382 bits per heavy atom. The van der Waals surface area contributed by atoms with E-state index in [0.29, 0.717) is 11.1 Å². The molecule has 0 radical (unpaired) electrons. The zero-order valence-electron chi connectivity index (χ0n) is 78.7. The number of hydrogen-bond donors (Lipinski definition) is 29. The Balaban J connectivity index is 2.01. The summed E-state index contributed by atoms with van der Waals surface area (Å²) < 4.78 is 0. The first kappa shape index (κ1) is 116. The van der Waals surface area contributed by atoms with Gasteiger partial charge in [-0.1, -0.05) is 79.7 Å². The van der Waals surface area contributed by atoms with E-state index in [1.807, 2.05) is 13.8 Å². The summed E-state index contributed by atoms with van der Waals surface area (Å²) in [6.07, 6.45) is -2.10. The normalized spacial score (nSPS) is 14.7. The summed E-state index contributed by atoms with van der Waals surface area (Å²) in [5.74, 6) is -19.0. The number of primary amides is 3. The van der Waals surface area contributed by atoms with Crippen molar-refractivity contribution in [2.45, 2.75) is 269 Å². The Morgan fingerprint density at radius 3 is 1.12 bits per heavy atom. The lowest BCUT2D eigenvalue weighted by molar-refractivity contribution is -0.137. The molecule has 0 fully saturated rings. The smallest absolute Gasteiger partial charge is 0.245 e. The highest BCUT2D eigenvalue weighted by Gasteiger charge is 2.40. The van der Waals surface area contributed by atoms with E-state index in [0.717, 1.165) is 6.92 Å². The average Bonchev–Trinajstić information content (AvgIpc) is 0.924. The summed E-state index contributed by atoms with van der Waals surface area (Å²) >= 11 is 0. The number of carbonyl (C=O) groups excluding carboxylic acids is 17. The SMILES string of the molecule is CC(=O)N[C@@H](C)C(=O)N[C@@H](CO)C(=O)N[C@@H](CC(C)C)C(=O)N[C@@H](CCCN=C(N)N)C(=O)N[C@@H](Cc1c[nH]cn1)C(=O)N[C@@H](Cc1ccc(O)cc1)C(=O)N[C@H](CN[C@@H](CC(N)=O)C(=O)N[C@@H](CC(C)C)C(=O)N[C@H](C(=O)N[C@H](C(=O)N[C@@H](CCCN=C(N)N)C(=O)N[C@@H](CCC(N)=O)C(=O)N[C@@H](CCCN=C(N)N)C(=O)N[C@@H](Cc1ccc(O)cc1)C(N)=O)[C@@H](C)O)C(C)C)CC(C)C. The number of rotatable bonds is 63. The minimum Gasteiger partial charge on any atom is -0.508 e. The Hall–Kier alpha value is -14.1. The molecule has 756 valence electrons. The third-order valence-electron chi connectivity index (χ3n) is 20.7. The van der Waals surface area contributed by atoms with E-state index in [1.54, 1.807) is 27.7 Å². The van der Waals surface area contributed by atoms with Gasteiger partial charge in [0.05, 0.1) is 37.2 Å². The van der Waals surface area contributed by atoms with Gasteiger partial charge >= 0.3 is 0 Å². The molecule has 3 rings (SSSR count). The number of nitrogens with two attached hydrogens (primary N) is 9. The number of carbonyl (C=O) groups is 17. The van der Waals surface area contributed by atoms with Crippen molar-refractivity contribution in [2.75, 3.05) is 32.8 Å². The van der Waals surface area contributed by atoms with Gasteiger partial charge in [0.2, 0.25) is 100 Å². The van der Waals surface area contributed by atoms with Crippen molar-refractivity contribution in [1.82, 2.24) is 89.7 Å². The van der Waals surface area contributed by atoms with Crippen LogP contribution in [0.4, 0.5) is 0 Å². The standard InChI is InChI=1S/C86H141N29O21/c1-42(2)31-52(103-77(130)63(35-50-20-24-54(120)25-21-50)111-79(132)64(36-51-38-96-41-101-51)112-74(127)56(16-13-29-98-85(92)93)105-78(131)61(32-43(3)4)110-81(134)65(40-116)113-71(124)46(9)102-48(11)118)39-100-60(37-67(88)122)76(129)109-62(33-44(5)6)80(133)114-68(45(7)8)82(135)115-69(47(10)117)83(136)107-57(17-14-30-99-86(94)95)72(125)106-58(26-27-66(87)121)75(128)104-55(15-12-28-97-84(90)91)73(126)108-59(70(89)123)34-49-18-22-53(119)23-19-49/h18-25,38,41-47,52,55-65,68-69,100,116-117,119-120H,12-17,26-37,39-40H2,1-11H3,(H2,87,121)(H2,88,122)(H2,89,123)(H,96,101)(H,102,118)(H,103,130)(H,104,128)(H,105,131)(H,106,125)(H,107,136)(H,108,126)(H,109,129)(H,110,134)(H,111,132)(H,112,127)(H,113,124)(H,114,133)(H,115,135)(H4,90,91,97)(H4,92,93,98)(H4,94,95,99)/t46-,47+,52-,55-,56-,57-,58-,59-,60-,61-,62-,63-,64-,65-,68-,69-/m0/s1. The molecule has 0 saturated carbocycles. The Labute approximate surface area is 788 Å². The molecule has 136 heavy (non-hydrogen) atoms. The van der Waals surface area contributed by atoms with Crippen molar-refractivity contribution in [1.29, 1.82) is 0 Å². The number of aliphatic hydroxyl groups excluding tert-OH is 2. The number of imidazole rings is 1. The molecule has 0 saturated heterocycles. The number of aliphatic imine (C=N–C) groups is 3. The van der Waals surface area contributed by atoms with Crippen molar-refractivity contribution in [3.63, 3.8) is 0 Å². The van der Waals surface area contributed by atoms with Crippen LogP contribution in [-0.2, 0) is 101 Å². The first-order valence-electron chi connectivity index (χ1n) is 44.7. The molecule has 50 heteroatoms. The first-order chi connectivity index (χ1) is 63.9. The van der Waals surface area contributed by atoms with Gasteiger partial charge in [0.25, 0.3) is 0 Å². The lowest BCUT2D eigenvalue weighted by atomic mass is 9.98. The number of aromatic amines is 1. The minimum absolute atomic E-state index is 0.0408. The molecule has 50 nitrogen and oxygen atoms in total. The van der Waals surface area contributed by atoms with E-state index in [2.05, 4.69) is 105 Å². The fourth-order valence-corrected chi connectivity index (χ4v) is 13.8. The summed E-state index contributed by atoms with van der Waals surface area (Å²) in [6, 6.07) is -11.2. The van der Waals surface area contributed by atoms with Crippen molar-refractivity contribution in [3.05, 3.63) is 77.9 Å². The molecule has 0 aliphatic rings. The van der Waals surface area contributed by atoms with Crippen molar-refractivity contribution >= 4 is 118 Å². The Morgan fingerprint density at radius 2 is 0.735 bits per heavy atom. The molecule has 0 aliphatic heterocycles. The third-order valence-corrected chi connectivity index (χ3v) is 20.7. The van der Waals surface area contributed by atoms with Gasteiger partial charge in [-0.05, 0) is 137 Å². The molecule has 1 heterocycles. The van der Waals surface area contributed by atoms with Crippen molar-refractivity contribution in [2.24, 2.45) is 90.3 Å². The van der Waals surface area contributed by atoms with Gasteiger partial charge in [-0.15, -0.1) is 0 Å². The number of phenols is 2. The summed E-state index contributed by atoms with van der Waals surface area (Å²) in [4.78, 5) is 256. The molecule has 0 bridgehead atoms. The Kier molecular flexibility index (Phi) is 50.8. The maximum Gasteiger partial charge on any atom is 0.245 e. The van der Waals surface area contributed by atoms with Crippen LogP contribution in [0.25, 0.3) is 0 Å². The number of benzene rings is 2. The number of nitrogens with zero attached hydrogens (tertiary/aromatic N) is 4. The molecular weight excluding hydrogens is 1780 g/mol. The lowest BCUT2D eigenvalue weighted by Crippen LogP contribution is -2.62. The number of aromatic nitrogens is 2. The van der Waals surface area contributed by atoms with E-state index >= 15 is 9.59 Å². The van der Waals surface area contributed by atoms with Crippen LogP contribution in [0.15, 0.2) is 76.0 Å². The second-order valence-corrected chi connectivity index (χ2v) is 34.7. The fraction of sp³-hybridized carbons (Fsp3) is 0.593. The van der Waals surface area contributed by atoms with Crippen LogP contribution in [0.3, 0.4) is 0 Å². The zero-order valence-corrected chi connectivity index (χ0v) is 78.7. The minimum atomic E-state index is -1.92. The predicted molar refractivity (Wildman–Crippen MR) is 499 cm³/mol. The second-order valence-electron chi connectivity index (χ2n) is 34.7. The zero-order chi connectivity index (χ0) is 102. The monoisotopic (exact) mass is 1920 g/mol. The third kappa shape index (κ3) is 45.1. The van der Waals surface area contributed by atoms with Crippen LogP contribution in [-0.4, -0.2) is 278 Å². The quantitative estimate of drug-likeness (QED) is 0.0142. The number of amides is 17. The van der Waals surface area contributed by atoms with Gasteiger partial charge in [0.15, 0.2) is 17.9 Å². The van der Waals surface area contributed by atoms with Gasteiger partial charge in [0, 0.05) is 71.0 Å². The van der Waals surface area contributed by atoms with E-state index in [-0.39, 0.29) is 156 Å². The van der Waals surface area contributed by atoms with E-state index in [9.17, 15) is 92.3 Å². The highest BCUT2D eigenvalue weighted by atomic mass is 16.3. The fourth-order valence-electron chi connectivity index (χ4n) is 13.8. The molecular formula is C86H141N29O21. The van der Waals surface area contributed by atoms with Gasteiger partial charge in [-0.25, -0.2) is 4.98 Å². The maximum absolute atomic E-state index is 15.1. The summed E-state index contributed by atoms with van der Waals surface area (Å²) in [5, 5.41) is 80.5. The second kappa shape index (κ2) is 59.5. The Bertz CT molecular complexity index is 4540. The molecule has 0 aliphatic carbocycles. The van der Waals surface area contributed by atoms with Crippen LogP contribution < -0.4 is 131 Å². The molecule has 17 amide bonds. The van der Waals surface area contributed by atoms with E-state index < -0.39 is 229 Å². The van der Waals surface area contributed by atoms with Crippen molar-refractivity contribution in [3.8, 4) is 11.5 Å². The van der Waals surface area contributed by atoms with Crippen LogP contribution >= 0.6 is 0 Å². The van der Waals surface area contributed by atoms with Crippen LogP contribution in [0, 0.1) is 23.7 Å². The molecule has 0 spiro atoms. The van der Waals surface area contributed by atoms with Gasteiger partial charge in [0.1, 0.15) is 90.0 Å². The molecule has 1 aromatic heterocycles. The highest BCUT2D eigenvalue weighted by molar-refractivity contribution is 6.01.